The summed E-state index contributed by atoms with van der Waals surface area (Å²) in [5.41, 5.74) is 1.03. The Morgan fingerprint density at radius 2 is 2.00 bits per heavy atom. The summed E-state index contributed by atoms with van der Waals surface area (Å²) < 4.78 is 14.2. The number of benzene rings is 1. The Balaban J connectivity index is 2.42. The van der Waals surface area contributed by atoms with Crippen LogP contribution < -0.4 is 0 Å². The van der Waals surface area contributed by atoms with Crippen LogP contribution >= 0.6 is 34.5 Å². The summed E-state index contributed by atoms with van der Waals surface area (Å²) in [6.07, 6.45) is -1.04. The van der Waals surface area contributed by atoms with Crippen LogP contribution in [0, 0.1) is 12.7 Å². The van der Waals surface area contributed by atoms with Crippen LogP contribution in [0.3, 0.4) is 0 Å². The molecule has 1 unspecified atom stereocenters. The summed E-state index contributed by atoms with van der Waals surface area (Å²) in [6.45, 7) is 1.84. The second-order valence-electron chi connectivity index (χ2n) is 3.67. The molecule has 0 aliphatic rings. The van der Waals surface area contributed by atoms with E-state index in [4.69, 9.17) is 23.2 Å². The van der Waals surface area contributed by atoms with Crippen molar-refractivity contribution in [3.63, 3.8) is 0 Å². The SMILES string of the molecule is Cc1cc(C(O)c2cc(Cl)ccc2F)sc1Cl. The van der Waals surface area contributed by atoms with Gasteiger partial charge in [-0.15, -0.1) is 11.3 Å². The van der Waals surface area contributed by atoms with Gasteiger partial charge in [0.25, 0.3) is 0 Å². The highest BCUT2D eigenvalue weighted by molar-refractivity contribution is 7.16. The van der Waals surface area contributed by atoms with E-state index in [0.717, 1.165) is 5.56 Å². The maximum absolute atomic E-state index is 13.6. The molecule has 0 aliphatic carbocycles. The van der Waals surface area contributed by atoms with Gasteiger partial charge < -0.3 is 5.11 Å². The van der Waals surface area contributed by atoms with Crippen molar-refractivity contribution in [1.82, 2.24) is 0 Å². The summed E-state index contributed by atoms with van der Waals surface area (Å²) in [7, 11) is 0. The molecule has 1 N–H and O–H groups in total. The number of aryl methyl sites for hydroxylation is 1. The molecule has 5 heteroatoms. The first-order chi connectivity index (χ1) is 7.99. The van der Waals surface area contributed by atoms with Crippen molar-refractivity contribution >= 4 is 34.5 Å². The summed E-state index contributed by atoms with van der Waals surface area (Å²) >= 11 is 12.9. The average molecular weight is 291 g/mol. The van der Waals surface area contributed by atoms with Gasteiger partial charge in [-0.05, 0) is 36.8 Å². The van der Waals surface area contributed by atoms with Gasteiger partial charge in [-0.1, -0.05) is 23.2 Å². The number of thiophene rings is 1. The fourth-order valence-electron chi connectivity index (χ4n) is 1.50. The van der Waals surface area contributed by atoms with Gasteiger partial charge in [-0.3, -0.25) is 0 Å². The first-order valence-electron chi connectivity index (χ1n) is 4.88. The van der Waals surface area contributed by atoms with Gasteiger partial charge in [0, 0.05) is 15.5 Å². The second-order valence-corrected chi connectivity index (χ2v) is 5.80. The molecule has 17 heavy (non-hydrogen) atoms. The first-order valence-corrected chi connectivity index (χ1v) is 6.45. The molecule has 1 aromatic heterocycles. The first kappa shape index (κ1) is 12.8. The lowest BCUT2D eigenvalue weighted by Gasteiger charge is -2.10. The monoisotopic (exact) mass is 290 g/mol. The van der Waals surface area contributed by atoms with E-state index in [2.05, 4.69) is 0 Å². The summed E-state index contributed by atoms with van der Waals surface area (Å²) in [4.78, 5) is 0.605. The number of aliphatic hydroxyl groups excluding tert-OH is 1. The molecule has 1 heterocycles. The van der Waals surface area contributed by atoms with Gasteiger partial charge in [0.1, 0.15) is 11.9 Å². The molecule has 0 fully saturated rings. The van der Waals surface area contributed by atoms with Crippen LogP contribution in [0.4, 0.5) is 4.39 Å². The minimum atomic E-state index is -1.04. The lowest BCUT2D eigenvalue weighted by Crippen LogP contribution is -2.00. The minimum absolute atomic E-state index is 0.162. The van der Waals surface area contributed by atoms with E-state index in [9.17, 15) is 9.50 Å². The number of hydrogen-bond acceptors (Lipinski definition) is 2. The highest BCUT2D eigenvalue weighted by Crippen LogP contribution is 2.35. The van der Waals surface area contributed by atoms with Gasteiger partial charge in [0.05, 0.1) is 4.34 Å². The zero-order valence-corrected chi connectivity index (χ0v) is 11.2. The number of rotatable bonds is 2. The molecule has 0 radical (unpaired) electrons. The minimum Gasteiger partial charge on any atom is -0.383 e. The van der Waals surface area contributed by atoms with Gasteiger partial charge in [-0.25, -0.2) is 4.39 Å². The molecule has 2 aromatic rings. The molecule has 0 bridgehead atoms. The van der Waals surface area contributed by atoms with Crippen molar-refractivity contribution in [2.75, 3.05) is 0 Å². The zero-order valence-electron chi connectivity index (χ0n) is 8.88. The van der Waals surface area contributed by atoms with Crippen molar-refractivity contribution in [2.24, 2.45) is 0 Å². The Bertz CT molecular complexity index is 534. The average Bonchev–Trinajstić information content (AvgIpc) is 2.62. The molecular weight excluding hydrogens is 282 g/mol. The maximum atomic E-state index is 13.6. The van der Waals surface area contributed by atoms with Gasteiger partial charge in [0.15, 0.2) is 0 Å². The summed E-state index contributed by atoms with van der Waals surface area (Å²) in [5, 5.41) is 10.5. The van der Waals surface area contributed by atoms with Crippen molar-refractivity contribution in [1.29, 1.82) is 0 Å². The predicted molar refractivity (Wildman–Crippen MR) is 69.5 cm³/mol. The van der Waals surface area contributed by atoms with Crippen LogP contribution in [-0.4, -0.2) is 5.11 Å². The quantitative estimate of drug-likeness (QED) is 0.858. The third kappa shape index (κ3) is 2.63. The number of hydrogen-bond donors (Lipinski definition) is 1. The predicted octanol–water partition coefficient (Wildman–Crippen LogP) is 4.58. The summed E-state index contributed by atoms with van der Waals surface area (Å²) in [5.74, 6) is -0.482. The molecular formula is C12H9Cl2FOS. The molecule has 1 nitrogen and oxygen atoms in total. The Hall–Kier alpha value is -0.610. The molecule has 0 spiro atoms. The highest BCUT2D eigenvalue weighted by Gasteiger charge is 2.18. The molecule has 1 atom stereocenters. The summed E-state index contributed by atoms with van der Waals surface area (Å²) in [6, 6.07) is 5.85. The Kier molecular flexibility index (Phi) is 3.73. The van der Waals surface area contributed by atoms with Crippen LogP contribution in [-0.2, 0) is 0 Å². The van der Waals surface area contributed by atoms with Crippen LogP contribution in [0.1, 0.15) is 22.1 Å². The lowest BCUT2D eigenvalue weighted by molar-refractivity contribution is 0.218. The standard InChI is InChI=1S/C12H9Cl2FOS/c1-6-4-10(17-12(6)14)11(16)8-5-7(13)2-3-9(8)15/h2-5,11,16H,1H3. The largest absolute Gasteiger partial charge is 0.383 e. The van der Waals surface area contributed by atoms with Crippen LogP contribution in [0.25, 0.3) is 0 Å². The smallest absolute Gasteiger partial charge is 0.129 e. The van der Waals surface area contributed by atoms with E-state index in [1.54, 1.807) is 6.07 Å². The van der Waals surface area contributed by atoms with Crippen molar-refractivity contribution in [3.05, 3.63) is 55.4 Å². The van der Waals surface area contributed by atoms with E-state index in [1.165, 1.54) is 29.5 Å². The van der Waals surface area contributed by atoms with Gasteiger partial charge in [-0.2, -0.15) is 0 Å². The third-order valence-electron chi connectivity index (χ3n) is 2.40. The molecule has 0 saturated carbocycles. The van der Waals surface area contributed by atoms with Crippen molar-refractivity contribution < 1.29 is 9.50 Å². The fraction of sp³-hybridized carbons (Fsp3) is 0.167. The van der Waals surface area contributed by atoms with E-state index >= 15 is 0 Å². The molecule has 0 amide bonds. The Morgan fingerprint density at radius 3 is 2.59 bits per heavy atom. The normalized spacial score (nSPS) is 12.8. The Labute approximate surface area is 112 Å². The molecule has 2 rings (SSSR count). The lowest BCUT2D eigenvalue weighted by atomic mass is 10.1. The second kappa shape index (κ2) is 4.94. The van der Waals surface area contributed by atoms with Crippen molar-refractivity contribution in [3.8, 4) is 0 Å². The van der Waals surface area contributed by atoms with Crippen LogP contribution in [0.5, 0.6) is 0 Å². The maximum Gasteiger partial charge on any atom is 0.129 e. The van der Waals surface area contributed by atoms with E-state index in [0.29, 0.717) is 14.2 Å². The van der Waals surface area contributed by atoms with Gasteiger partial charge >= 0.3 is 0 Å². The van der Waals surface area contributed by atoms with Crippen molar-refractivity contribution in [2.45, 2.75) is 13.0 Å². The molecule has 0 aliphatic heterocycles. The highest BCUT2D eigenvalue weighted by atomic mass is 35.5. The zero-order chi connectivity index (χ0) is 12.6. The fourth-order valence-corrected chi connectivity index (χ4v) is 2.90. The van der Waals surface area contributed by atoms with Crippen LogP contribution in [0.2, 0.25) is 9.36 Å². The topological polar surface area (TPSA) is 20.2 Å². The molecule has 90 valence electrons. The number of aliphatic hydroxyl groups is 1. The molecule has 1 aromatic carbocycles. The van der Waals surface area contributed by atoms with E-state index in [1.807, 2.05) is 6.92 Å². The van der Waals surface area contributed by atoms with E-state index < -0.39 is 11.9 Å². The third-order valence-corrected chi connectivity index (χ3v) is 4.24. The van der Waals surface area contributed by atoms with Crippen LogP contribution in [0.15, 0.2) is 24.3 Å². The van der Waals surface area contributed by atoms with Gasteiger partial charge in [0.2, 0.25) is 0 Å². The molecule has 0 saturated heterocycles. The van der Waals surface area contributed by atoms with E-state index in [-0.39, 0.29) is 5.56 Å². The Morgan fingerprint density at radius 1 is 1.29 bits per heavy atom. The number of halogens is 3.